The van der Waals surface area contributed by atoms with Crippen molar-refractivity contribution in [3.8, 4) is 0 Å². The van der Waals surface area contributed by atoms with E-state index in [2.05, 4.69) is 5.32 Å². The second-order valence-electron chi connectivity index (χ2n) is 6.78. The number of hydrogen-bond donors (Lipinski definition) is 2. The first-order chi connectivity index (χ1) is 9.64. The Kier molecular flexibility index (Phi) is 6.01. The molecule has 0 unspecified atom stereocenters. The van der Waals surface area contributed by atoms with Gasteiger partial charge in [0.1, 0.15) is 5.60 Å². The lowest BCUT2D eigenvalue weighted by Crippen LogP contribution is -2.53. The lowest BCUT2D eigenvalue weighted by atomic mass is 9.82. The summed E-state index contributed by atoms with van der Waals surface area (Å²) < 4.78 is 5.25. The average Bonchev–Trinajstić information content (AvgIpc) is 2.37. The van der Waals surface area contributed by atoms with E-state index in [1.165, 1.54) is 0 Å². The molecular formula is C15H29N3O3. The normalized spacial score (nSPS) is 26.1. The number of nitrogens with zero attached hydrogens (tertiary/aromatic N) is 1. The maximum absolute atomic E-state index is 12.2. The first kappa shape index (κ1) is 17.8. The molecule has 6 nitrogen and oxygen atoms in total. The molecule has 1 fully saturated rings. The van der Waals surface area contributed by atoms with Crippen molar-refractivity contribution in [2.24, 2.45) is 11.7 Å². The van der Waals surface area contributed by atoms with Gasteiger partial charge in [-0.15, -0.1) is 0 Å². The lowest BCUT2D eigenvalue weighted by Gasteiger charge is -2.35. The number of amides is 2. The third kappa shape index (κ3) is 5.53. The summed E-state index contributed by atoms with van der Waals surface area (Å²) in [7, 11) is 1.80. The maximum atomic E-state index is 12.2. The Morgan fingerprint density at radius 3 is 2.48 bits per heavy atom. The summed E-state index contributed by atoms with van der Waals surface area (Å²) in [5.41, 5.74) is 5.53. The topological polar surface area (TPSA) is 84.7 Å². The average molecular weight is 299 g/mol. The molecule has 0 bridgehead atoms. The van der Waals surface area contributed by atoms with Crippen molar-refractivity contribution in [3.63, 3.8) is 0 Å². The quantitative estimate of drug-likeness (QED) is 0.827. The highest BCUT2D eigenvalue weighted by atomic mass is 16.6. The fraction of sp³-hybridized carbons (Fsp3) is 0.867. The number of carbonyl (C=O) groups is 2. The molecule has 1 aliphatic rings. The minimum absolute atomic E-state index is 0.0744. The Balaban J connectivity index is 2.60. The Hall–Kier alpha value is -1.30. The smallest absolute Gasteiger partial charge is 0.407 e. The standard InChI is InChI=1S/C15H29N3O3/c1-6-18(5)13(19)10-7-8-11(16)12(9-10)17-14(20)21-15(2,3)4/h10-12H,6-9,16H2,1-5H3,(H,17,20)/t10-,11-,12+/m0/s1. The molecule has 21 heavy (non-hydrogen) atoms. The molecule has 122 valence electrons. The monoisotopic (exact) mass is 299 g/mol. The molecule has 0 aromatic carbocycles. The van der Waals surface area contributed by atoms with Crippen LogP contribution >= 0.6 is 0 Å². The van der Waals surface area contributed by atoms with Crippen LogP contribution in [0.2, 0.25) is 0 Å². The molecule has 1 saturated carbocycles. The van der Waals surface area contributed by atoms with Gasteiger partial charge in [0.05, 0.1) is 0 Å². The first-order valence-corrected chi connectivity index (χ1v) is 7.64. The van der Waals surface area contributed by atoms with Crippen LogP contribution in [0.3, 0.4) is 0 Å². The van der Waals surface area contributed by atoms with Crippen LogP contribution < -0.4 is 11.1 Å². The van der Waals surface area contributed by atoms with Crippen LogP contribution in [0.25, 0.3) is 0 Å². The maximum Gasteiger partial charge on any atom is 0.407 e. The second kappa shape index (κ2) is 7.11. The molecule has 0 aromatic heterocycles. The number of rotatable bonds is 3. The number of nitrogens with two attached hydrogens (primary N) is 1. The van der Waals surface area contributed by atoms with E-state index in [1.54, 1.807) is 11.9 Å². The molecule has 0 aromatic rings. The SMILES string of the molecule is CCN(C)C(=O)[C@H]1CC[C@H](N)[C@H](NC(=O)OC(C)(C)C)C1. The number of alkyl carbamates (subject to hydrolysis) is 1. The van der Waals surface area contributed by atoms with Gasteiger partial charge >= 0.3 is 6.09 Å². The van der Waals surface area contributed by atoms with E-state index in [9.17, 15) is 9.59 Å². The minimum atomic E-state index is -0.541. The molecule has 1 rings (SSSR count). The van der Waals surface area contributed by atoms with Crippen molar-refractivity contribution in [3.05, 3.63) is 0 Å². The van der Waals surface area contributed by atoms with E-state index < -0.39 is 11.7 Å². The molecule has 3 N–H and O–H groups in total. The van der Waals surface area contributed by atoms with Crippen LogP contribution in [0.4, 0.5) is 4.79 Å². The summed E-state index contributed by atoms with van der Waals surface area (Å²) in [5.74, 6) is 0.0510. The van der Waals surface area contributed by atoms with Gasteiger partial charge in [-0.1, -0.05) is 0 Å². The van der Waals surface area contributed by atoms with Gasteiger partial charge in [-0.3, -0.25) is 4.79 Å². The largest absolute Gasteiger partial charge is 0.444 e. The number of hydrogen-bond acceptors (Lipinski definition) is 4. The van der Waals surface area contributed by atoms with Gasteiger partial charge in [0.15, 0.2) is 0 Å². The summed E-state index contributed by atoms with van der Waals surface area (Å²) in [4.78, 5) is 25.8. The van der Waals surface area contributed by atoms with Crippen LogP contribution in [0.1, 0.15) is 47.0 Å². The Morgan fingerprint density at radius 1 is 1.33 bits per heavy atom. The van der Waals surface area contributed by atoms with Crippen molar-refractivity contribution in [1.29, 1.82) is 0 Å². The van der Waals surface area contributed by atoms with Gasteiger partial charge in [-0.2, -0.15) is 0 Å². The van der Waals surface area contributed by atoms with Crippen LogP contribution in [0, 0.1) is 5.92 Å². The van der Waals surface area contributed by atoms with E-state index >= 15 is 0 Å². The van der Waals surface area contributed by atoms with E-state index in [0.717, 1.165) is 12.8 Å². The molecular weight excluding hydrogens is 270 g/mol. The zero-order valence-electron chi connectivity index (χ0n) is 13.8. The van der Waals surface area contributed by atoms with Gasteiger partial charge in [0.25, 0.3) is 0 Å². The predicted molar refractivity (Wildman–Crippen MR) is 81.8 cm³/mol. The highest BCUT2D eigenvalue weighted by molar-refractivity contribution is 5.79. The number of nitrogens with one attached hydrogen (secondary N) is 1. The van der Waals surface area contributed by atoms with Gasteiger partial charge in [-0.25, -0.2) is 4.79 Å². The van der Waals surface area contributed by atoms with E-state index in [0.29, 0.717) is 13.0 Å². The van der Waals surface area contributed by atoms with Crippen molar-refractivity contribution in [2.75, 3.05) is 13.6 Å². The highest BCUT2D eigenvalue weighted by Gasteiger charge is 2.34. The van der Waals surface area contributed by atoms with Crippen molar-refractivity contribution in [2.45, 2.75) is 64.6 Å². The van der Waals surface area contributed by atoms with Crippen LogP contribution in [0.5, 0.6) is 0 Å². The van der Waals surface area contributed by atoms with Crippen molar-refractivity contribution in [1.82, 2.24) is 10.2 Å². The Labute approximate surface area is 127 Å². The van der Waals surface area contributed by atoms with E-state index in [4.69, 9.17) is 10.5 Å². The zero-order chi connectivity index (χ0) is 16.2. The fourth-order valence-electron chi connectivity index (χ4n) is 2.51. The third-order valence-corrected chi connectivity index (χ3v) is 3.81. The molecule has 1 aliphatic carbocycles. The summed E-state index contributed by atoms with van der Waals surface area (Å²) in [6, 6.07) is -0.346. The first-order valence-electron chi connectivity index (χ1n) is 7.64. The van der Waals surface area contributed by atoms with E-state index in [1.807, 2.05) is 27.7 Å². The molecule has 0 saturated heterocycles. The number of carbonyl (C=O) groups excluding carboxylic acids is 2. The molecule has 0 aliphatic heterocycles. The molecule has 0 heterocycles. The highest BCUT2D eigenvalue weighted by Crippen LogP contribution is 2.25. The van der Waals surface area contributed by atoms with Gasteiger partial charge in [-0.05, 0) is 47.0 Å². The zero-order valence-corrected chi connectivity index (χ0v) is 13.8. The number of ether oxygens (including phenoxy) is 1. The summed E-state index contributed by atoms with van der Waals surface area (Å²) in [5, 5.41) is 2.81. The molecule has 0 radical (unpaired) electrons. The third-order valence-electron chi connectivity index (χ3n) is 3.81. The molecule has 0 spiro atoms. The summed E-state index contributed by atoms with van der Waals surface area (Å²) in [6.45, 7) is 8.08. The predicted octanol–water partition coefficient (Wildman–Crippen LogP) is 1.49. The van der Waals surface area contributed by atoms with Crippen molar-refractivity contribution >= 4 is 12.0 Å². The van der Waals surface area contributed by atoms with Crippen LogP contribution in [-0.4, -0.2) is 48.2 Å². The fourth-order valence-corrected chi connectivity index (χ4v) is 2.51. The van der Waals surface area contributed by atoms with Gasteiger partial charge < -0.3 is 20.7 Å². The van der Waals surface area contributed by atoms with E-state index in [-0.39, 0.29) is 23.9 Å². The van der Waals surface area contributed by atoms with Gasteiger partial charge in [0, 0.05) is 31.6 Å². The Morgan fingerprint density at radius 2 is 1.95 bits per heavy atom. The minimum Gasteiger partial charge on any atom is -0.444 e. The van der Waals surface area contributed by atoms with Crippen LogP contribution in [0.15, 0.2) is 0 Å². The molecule has 3 atom stereocenters. The Bertz CT molecular complexity index is 379. The van der Waals surface area contributed by atoms with Crippen molar-refractivity contribution < 1.29 is 14.3 Å². The van der Waals surface area contributed by atoms with Crippen LogP contribution in [-0.2, 0) is 9.53 Å². The molecule has 6 heteroatoms. The molecule has 2 amide bonds. The second-order valence-corrected chi connectivity index (χ2v) is 6.78. The summed E-state index contributed by atoms with van der Waals surface area (Å²) in [6.07, 6.45) is 1.61. The summed E-state index contributed by atoms with van der Waals surface area (Å²) >= 11 is 0. The lowest BCUT2D eigenvalue weighted by molar-refractivity contribution is -0.135. The van der Waals surface area contributed by atoms with Gasteiger partial charge in [0.2, 0.25) is 5.91 Å².